The van der Waals surface area contributed by atoms with Crippen LogP contribution in [-0.4, -0.2) is 24.1 Å². The maximum Gasteiger partial charge on any atom is 0.132 e. The summed E-state index contributed by atoms with van der Waals surface area (Å²) in [5.41, 5.74) is 8.86. The largest absolute Gasteiger partial charge is 0.397 e. The third-order valence-electron chi connectivity index (χ3n) is 4.83. The number of nitrogens with two attached hydrogens (primary N) is 2. The number of aromatic nitrogens is 1. The molecular weight excluding hydrogens is 408 g/mol. The molecule has 170 valence electrons. The molecule has 1 aromatic carbocycles. The number of hydrogen-bond acceptors (Lipinski definition) is 6. The van der Waals surface area contributed by atoms with E-state index in [1.807, 2.05) is 44.2 Å². The molecule has 0 bridgehead atoms. The highest BCUT2D eigenvalue weighted by atomic mass is 35.5. The smallest absolute Gasteiger partial charge is 0.132 e. The Balaban J connectivity index is 0.00000166. The Hall–Kier alpha value is -2.44. The van der Waals surface area contributed by atoms with Crippen molar-refractivity contribution >= 4 is 34.5 Å². The fourth-order valence-corrected chi connectivity index (χ4v) is 3.59. The molecule has 0 spiro atoms. The number of anilines is 4. The standard InChI is InChI=1S/C22H31ClN6.C2H6/c1-22(2,3)15-29(25)20-9-8-17(12-19(20)24)26-14-18-6-4-5-11-28(18)21-10-7-16(23)13-27-21;1-2/h5,7-13,18,26H,4,6,14-15,24-25H2,1-3H3;1-2H3. The molecule has 31 heavy (non-hydrogen) atoms. The van der Waals surface area contributed by atoms with E-state index >= 15 is 0 Å². The van der Waals surface area contributed by atoms with E-state index in [-0.39, 0.29) is 5.41 Å². The van der Waals surface area contributed by atoms with Crippen molar-refractivity contribution in [3.63, 3.8) is 0 Å². The van der Waals surface area contributed by atoms with Crippen LogP contribution < -0.4 is 26.8 Å². The van der Waals surface area contributed by atoms with Gasteiger partial charge in [-0.15, -0.1) is 0 Å². The number of hydrazine groups is 1. The molecule has 1 aromatic heterocycles. The third-order valence-corrected chi connectivity index (χ3v) is 5.05. The normalized spacial score (nSPS) is 15.8. The minimum absolute atomic E-state index is 0.0891. The van der Waals surface area contributed by atoms with E-state index < -0.39 is 0 Å². The van der Waals surface area contributed by atoms with E-state index in [0.29, 0.717) is 16.8 Å². The molecule has 2 heterocycles. The molecule has 0 aliphatic carbocycles. The number of nitrogens with zero attached hydrogens (tertiary/aromatic N) is 3. The van der Waals surface area contributed by atoms with Crippen LogP contribution in [0.25, 0.3) is 0 Å². The van der Waals surface area contributed by atoms with Crippen molar-refractivity contribution in [2.24, 2.45) is 11.3 Å². The highest BCUT2D eigenvalue weighted by molar-refractivity contribution is 6.30. The monoisotopic (exact) mass is 444 g/mol. The van der Waals surface area contributed by atoms with E-state index in [1.165, 1.54) is 0 Å². The van der Waals surface area contributed by atoms with Crippen molar-refractivity contribution in [3.8, 4) is 0 Å². The first-order valence-corrected chi connectivity index (χ1v) is 11.3. The predicted molar refractivity (Wildman–Crippen MR) is 136 cm³/mol. The summed E-state index contributed by atoms with van der Waals surface area (Å²) < 4.78 is 0. The molecule has 1 aliphatic heterocycles. The van der Waals surface area contributed by atoms with Gasteiger partial charge >= 0.3 is 0 Å². The van der Waals surface area contributed by atoms with Gasteiger partial charge in [-0.05, 0) is 48.6 Å². The molecule has 1 aliphatic rings. The Labute approximate surface area is 192 Å². The first kappa shape index (κ1) is 24.8. The lowest BCUT2D eigenvalue weighted by molar-refractivity contribution is 0.412. The van der Waals surface area contributed by atoms with E-state index in [1.54, 1.807) is 11.2 Å². The quantitative estimate of drug-likeness (QED) is 0.302. The van der Waals surface area contributed by atoms with Gasteiger partial charge in [0.05, 0.1) is 22.4 Å². The van der Waals surface area contributed by atoms with E-state index in [0.717, 1.165) is 43.1 Å². The lowest BCUT2D eigenvalue weighted by Crippen LogP contribution is -2.39. The Morgan fingerprint density at radius 3 is 2.58 bits per heavy atom. The summed E-state index contributed by atoms with van der Waals surface area (Å²) in [6.45, 7) is 12.0. The van der Waals surface area contributed by atoms with Gasteiger partial charge in [0.25, 0.3) is 0 Å². The van der Waals surface area contributed by atoms with Gasteiger partial charge in [0.15, 0.2) is 0 Å². The van der Waals surface area contributed by atoms with Gasteiger partial charge in [0, 0.05) is 31.2 Å². The first-order chi connectivity index (χ1) is 14.7. The second-order valence-electron chi connectivity index (χ2n) is 8.70. The van der Waals surface area contributed by atoms with Gasteiger partial charge in [0.2, 0.25) is 0 Å². The molecule has 3 rings (SSSR count). The topological polar surface area (TPSA) is 83.4 Å². The molecule has 0 fully saturated rings. The molecule has 0 saturated heterocycles. The van der Waals surface area contributed by atoms with Crippen molar-refractivity contribution in [1.29, 1.82) is 0 Å². The minimum atomic E-state index is 0.0891. The summed E-state index contributed by atoms with van der Waals surface area (Å²) in [6, 6.07) is 10.1. The van der Waals surface area contributed by atoms with Crippen molar-refractivity contribution in [1.82, 2.24) is 4.98 Å². The summed E-state index contributed by atoms with van der Waals surface area (Å²) in [7, 11) is 0. The van der Waals surface area contributed by atoms with E-state index in [9.17, 15) is 0 Å². The fourth-order valence-electron chi connectivity index (χ4n) is 3.48. The maximum absolute atomic E-state index is 6.28. The molecule has 0 amide bonds. The zero-order valence-corrected chi connectivity index (χ0v) is 20.2. The van der Waals surface area contributed by atoms with Gasteiger partial charge in [0.1, 0.15) is 5.82 Å². The van der Waals surface area contributed by atoms with Crippen LogP contribution in [0.4, 0.5) is 22.9 Å². The summed E-state index contributed by atoms with van der Waals surface area (Å²) in [6.07, 6.45) is 8.04. The molecule has 0 saturated carbocycles. The van der Waals surface area contributed by atoms with Gasteiger partial charge < -0.3 is 21.0 Å². The lowest BCUT2D eigenvalue weighted by atomic mass is 9.96. The van der Waals surface area contributed by atoms with Crippen LogP contribution >= 0.6 is 11.6 Å². The number of allylic oxidation sites excluding steroid dienone is 1. The predicted octanol–water partition coefficient (Wildman–Crippen LogP) is 5.66. The van der Waals surface area contributed by atoms with Gasteiger partial charge in [-0.3, -0.25) is 0 Å². The Kier molecular flexibility index (Phi) is 9.01. The van der Waals surface area contributed by atoms with Crippen LogP contribution in [0.5, 0.6) is 0 Å². The number of halogens is 1. The summed E-state index contributed by atoms with van der Waals surface area (Å²) >= 11 is 5.98. The Morgan fingerprint density at radius 1 is 1.23 bits per heavy atom. The lowest BCUT2D eigenvalue weighted by Gasteiger charge is -2.33. The van der Waals surface area contributed by atoms with Crippen LogP contribution in [0.2, 0.25) is 5.02 Å². The highest BCUT2D eigenvalue weighted by Gasteiger charge is 2.21. The first-order valence-electron chi connectivity index (χ1n) is 11.0. The van der Waals surface area contributed by atoms with Crippen LogP contribution in [0.15, 0.2) is 48.8 Å². The number of pyridine rings is 1. The Morgan fingerprint density at radius 2 is 1.97 bits per heavy atom. The van der Waals surface area contributed by atoms with Crippen molar-refractivity contribution in [2.45, 2.75) is 53.5 Å². The number of rotatable bonds is 6. The molecular formula is C24H37ClN6. The number of benzene rings is 1. The molecule has 7 heteroatoms. The number of nitrogens with one attached hydrogen (secondary N) is 1. The van der Waals surface area contributed by atoms with Crippen molar-refractivity contribution in [3.05, 3.63) is 53.8 Å². The van der Waals surface area contributed by atoms with Crippen LogP contribution in [0, 0.1) is 5.41 Å². The second kappa shape index (κ2) is 11.3. The summed E-state index contributed by atoms with van der Waals surface area (Å²) in [5.74, 6) is 7.11. The fraction of sp³-hybridized carbons (Fsp3) is 0.458. The summed E-state index contributed by atoms with van der Waals surface area (Å²) in [5, 5.41) is 5.87. The van der Waals surface area contributed by atoms with Gasteiger partial charge in [-0.1, -0.05) is 52.3 Å². The van der Waals surface area contributed by atoms with Crippen LogP contribution in [0.1, 0.15) is 47.5 Å². The molecule has 0 radical (unpaired) electrons. The summed E-state index contributed by atoms with van der Waals surface area (Å²) in [4.78, 5) is 6.65. The van der Waals surface area contributed by atoms with Crippen molar-refractivity contribution < 1.29 is 0 Å². The third kappa shape index (κ3) is 7.33. The van der Waals surface area contributed by atoms with E-state index in [4.69, 9.17) is 23.2 Å². The van der Waals surface area contributed by atoms with Crippen molar-refractivity contribution in [2.75, 3.05) is 34.0 Å². The number of nitrogen functional groups attached to an aromatic ring is 1. The molecule has 2 aromatic rings. The minimum Gasteiger partial charge on any atom is -0.397 e. The molecule has 6 nitrogen and oxygen atoms in total. The van der Waals surface area contributed by atoms with Crippen LogP contribution in [0.3, 0.4) is 0 Å². The second-order valence-corrected chi connectivity index (χ2v) is 9.14. The number of hydrogen-bond donors (Lipinski definition) is 3. The Bertz CT molecular complexity index is 844. The van der Waals surface area contributed by atoms with Gasteiger partial charge in [-0.25, -0.2) is 10.8 Å². The molecule has 1 unspecified atom stereocenters. The molecule has 5 N–H and O–H groups in total. The van der Waals surface area contributed by atoms with E-state index in [2.05, 4.69) is 48.2 Å². The molecule has 1 atom stereocenters. The zero-order chi connectivity index (χ0) is 23.0. The highest BCUT2D eigenvalue weighted by Crippen LogP contribution is 2.28. The van der Waals surface area contributed by atoms with Gasteiger partial charge in [-0.2, -0.15) is 0 Å². The SMILES string of the molecule is CC.CC(C)(C)CN(N)c1ccc(NCC2CCC=CN2c2ccc(Cl)cn2)cc1N. The zero-order valence-electron chi connectivity index (χ0n) is 19.4. The average Bonchev–Trinajstić information content (AvgIpc) is 2.73. The maximum atomic E-state index is 6.28. The van der Waals surface area contributed by atoms with Crippen LogP contribution in [-0.2, 0) is 0 Å². The average molecular weight is 445 g/mol.